The van der Waals surface area contributed by atoms with Crippen LogP contribution in [0.3, 0.4) is 0 Å². The van der Waals surface area contributed by atoms with E-state index in [9.17, 15) is 9.90 Å². The number of H-pyrrole nitrogens is 1. The van der Waals surface area contributed by atoms with Crippen LogP contribution in [0.5, 0.6) is 0 Å². The Morgan fingerprint density at radius 1 is 1.45 bits per heavy atom. The van der Waals surface area contributed by atoms with Crippen LogP contribution in [0.4, 0.5) is 0 Å². The predicted molar refractivity (Wildman–Crippen MR) is 74.5 cm³/mol. The van der Waals surface area contributed by atoms with Gasteiger partial charge in [0.25, 0.3) is 0 Å². The van der Waals surface area contributed by atoms with Gasteiger partial charge in [-0.1, -0.05) is 29.3 Å². The maximum Gasteiger partial charge on any atom is 0.207 e. The van der Waals surface area contributed by atoms with Crippen molar-refractivity contribution in [3.63, 3.8) is 0 Å². The fraction of sp³-hybridized carbons (Fsp3) is 0.250. The quantitative estimate of drug-likeness (QED) is 0.701. The molecule has 0 radical (unpaired) electrons. The van der Waals surface area contributed by atoms with Crippen molar-refractivity contribution < 1.29 is 9.90 Å². The van der Waals surface area contributed by atoms with E-state index in [4.69, 9.17) is 23.2 Å². The van der Waals surface area contributed by atoms with Crippen LogP contribution in [0.25, 0.3) is 0 Å². The third kappa shape index (κ3) is 3.27. The Hall–Kier alpha value is -1.63. The lowest BCUT2D eigenvalue weighted by Gasteiger charge is -2.28. The first-order valence-electron chi connectivity index (χ1n) is 5.74. The molecule has 0 spiro atoms. The molecule has 0 saturated carbocycles. The van der Waals surface area contributed by atoms with Gasteiger partial charge < -0.3 is 10.4 Å². The van der Waals surface area contributed by atoms with Crippen LogP contribution >= 0.6 is 23.2 Å². The van der Waals surface area contributed by atoms with Crippen LogP contribution in [0, 0.1) is 0 Å². The number of carbonyl (C=O) groups is 1. The summed E-state index contributed by atoms with van der Waals surface area (Å²) in [6.07, 6.45) is 1.97. The zero-order chi connectivity index (χ0) is 14.6. The normalized spacial score (nSPS) is 13.8. The number of rotatable bonds is 6. The van der Waals surface area contributed by atoms with Gasteiger partial charge in [0.05, 0.1) is 6.54 Å². The van der Waals surface area contributed by atoms with Crippen molar-refractivity contribution in [3.05, 3.63) is 46.0 Å². The molecule has 0 bridgehead atoms. The van der Waals surface area contributed by atoms with E-state index >= 15 is 0 Å². The van der Waals surface area contributed by atoms with Gasteiger partial charge in [-0.05, 0) is 12.1 Å². The number of aromatic nitrogens is 3. The number of halogens is 2. The lowest BCUT2D eigenvalue weighted by atomic mass is 9.90. The molecule has 1 amide bonds. The van der Waals surface area contributed by atoms with E-state index < -0.39 is 5.60 Å². The highest BCUT2D eigenvalue weighted by Gasteiger charge is 2.32. The Balaban J connectivity index is 2.36. The third-order valence-electron chi connectivity index (χ3n) is 2.84. The Morgan fingerprint density at radius 2 is 2.25 bits per heavy atom. The second-order valence-electron chi connectivity index (χ2n) is 4.26. The number of carbonyl (C=O) groups excluding carboxylic acids is 1. The number of aliphatic hydroxyl groups is 1. The number of hydrogen-bond acceptors (Lipinski definition) is 4. The van der Waals surface area contributed by atoms with Gasteiger partial charge in [-0.25, -0.2) is 4.98 Å². The summed E-state index contributed by atoms with van der Waals surface area (Å²) >= 11 is 12.0. The molecular formula is C12H12Cl2N4O2. The van der Waals surface area contributed by atoms with Crippen molar-refractivity contribution in [2.45, 2.75) is 12.0 Å². The third-order valence-corrected chi connectivity index (χ3v) is 3.38. The predicted octanol–water partition coefficient (Wildman–Crippen LogP) is 1.29. The van der Waals surface area contributed by atoms with Crippen molar-refractivity contribution in [1.29, 1.82) is 0 Å². The highest BCUT2D eigenvalue weighted by atomic mass is 35.5. The number of hydrogen-bond donors (Lipinski definition) is 3. The van der Waals surface area contributed by atoms with Gasteiger partial charge in [0.15, 0.2) is 0 Å². The Labute approximate surface area is 125 Å². The molecule has 6 nitrogen and oxygen atoms in total. The first-order valence-corrected chi connectivity index (χ1v) is 6.50. The maximum absolute atomic E-state index is 10.8. The first-order chi connectivity index (χ1) is 9.55. The summed E-state index contributed by atoms with van der Waals surface area (Å²) in [5.74, 6) is 0.478. The number of amides is 1. The highest BCUT2D eigenvalue weighted by molar-refractivity contribution is 6.35. The summed E-state index contributed by atoms with van der Waals surface area (Å²) in [5.41, 5.74) is -0.961. The van der Waals surface area contributed by atoms with Crippen LogP contribution in [0.1, 0.15) is 11.4 Å². The Bertz CT molecular complexity index is 591. The van der Waals surface area contributed by atoms with Crippen molar-refractivity contribution >= 4 is 29.6 Å². The highest BCUT2D eigenvalue weighted by Crippen LogP contribution is 2.32. The average Bonchev–Trinajstić information content (AvgIpc) is 2.88. The number of nitrogens with one attached hydrogen (secondary N) is 2. The first kappa shape index (κ1) is 14.8. The van der Waals surface area contributed by atoms with Crippen LogP contribution in [-0.2, 0) is 16.8 Å². The van der Waals surface area contributed by atoms with Gasteiger partial charge in [0.2, 0.25) is 6.41 Å². The minimum absolute atomic E-state index is 0.0153. The molecule has 1 aromatic carbocycles. The molecule has 20 heavy (non-hydrogen) atoms. The molecule has 0 saturated heterocycles. The molecule has 0 aliphatic rings. The second kappa shape index (κ2) is 6.21. The van der Waals surface area contributed by atoms with E-state index in [1.165, 1.54) is 12.4 Å². The molecule has 0 aliphatic carbocycles. The Morgan fingerprint density at radius 3 is 2.85 bits per heavy atom. The van der Waals surface area contributed by atoms with Gasteiger partial charge >= 0.3 is 0 Å². The van der Waals surface area contributed by atoms with Crippen molar-refractivity contribution in [3.8, 4) is 0 Å². The van der Waals surface area contributed by atoms with Crippen LogP contribution in [-0.4, -0.2) is 33.2 Å². The van der Waals surface area contributed by atoms with E-state index in [2.05, 4.69) is 20.5 Å². The molecule has 3 N–H and O–H groups in total. The average molecular weight is 315 g/mol. The van der Waals surface area contributed by atoms with Gasteiger partial charge in [-0.3, -0.25) is 9.89 Å². The molecule has 1 aromatic heterocycles. The summed E-state index contributed by atoms with van der Waals surface area (Å²) in [7, 11) is 0. The molecular weight excluding hydrogens is 303 g/mol. The standard InChI is InChI=1S/C12H12Cl2N4O2/c13-8-1-2-9(10(14)3-8)12(20,5-15-7-19)4-11-16-6-17-18-11/h1-3,6-7,20H,4-5H2,(H,15,19)(H,16,17,18). The van der Waals surface area contributed by atoms with Crippen molar-refractivity contribution in [1.82, 2.24) is 20.5 Å². The fourth-order valence-electron chi connectivity index (χ4n) is 1.92. The zero-order valence-corrected chi connectivity index (χ0v) is 11.8. The second-order valence-corrected chi connectivity index (χ2v) is 5.11. The van der Waals surface area contributed by atoms with Gasteiger partial charge in [-0.2, -0.15) is 5.10 Å². The Kier molecular flexibility index (Phi) is 4.59. The topological polar surface area (TPSA) is 90.9 Å². The molecule has 2 rings (SSSR count). The summed E-state index contributed by atoms with van der Waals surface area (Å²) < 4.78 is 0. The molecule has 2 aromatic rings. The number of nitrogens with zero attached hydrogens (tertiary/aromatic N) is 2. The minimum atomic E-state index is -1.41. The van der Waals surface area contributed by atoms with E-state index in [1.54, 1.807) is 12.1 Å². The van der Waals surface area contributed by atoms with Crippen LogP contribution < -0.4 is 5.32 Å². The summed E-state index contributed by atoms with van der Waals surface area (Å²) in [6, 6.07) is 4.77. The van der Waals surface area contributed by atoms with Gasteiger partial charge in [-0.15, -0.1) is 0 Å². The summed E-state index contributed by atoms with van der Waals surface area (Å²) in [6.45, 7) is -0.0153. The van der Waals surface area contributed by atoms with E-state index in [0.717, 1.165) is 0 Å². The molecule has 8 heteroatoms. The lowest BCUT2D eigenvalue weighted by Crippen LogP contribution is -2.40. The van der Waals surface area contributed by atoms with Gasteiger partial charge in [0.1, 0.15) is 17.8 Å². The monoisotopic (exact) mass is 314 g/mol. The van der Waals surface area contributed by atoms with Crippen LogP contribution in [0.15, 0.2) is 24.5 Å². The van der Waals surface area contributed by atoms with Crippen molar-refractivity contribution in [2.24, 2.45) is 0 Å². The largest absolute Gasteiger partial charge is 0.383 e. The van der Waals surface area contributed by atoms with E-state index in [-0.39, 0.29) is 13.0 Å². The molecule has 1 heterocycles. The fourth-order valence-corrected chi connectivity index (χ4v) is 2.51. The molecule has 1 unspecified atom stereocenters. The number of aromatic amines is 1. The van der Waals surface area contributed by atoms with Gasteiger partial charge in [0, 0.05) is 22.0 Å². The molecule has 106 valence electrons. The molecule has 0 fully saturated rings. The maximum atomic E-state index is 10.8. The van der Waals surface area contributed by atoms with Crippen molar-refractivity contribution in [2.75, 3.05) is 6.54 Å². The lowest BCUT2D eigenvalue weighted by molar-refractivity contribution is -0.110. The smallest absolute Gasteiger partial charge is 0.207 e. The zero-order valence-electron chi connectivity index (χ0n) is 10.3. The summed E-state index contributed by atoms with van der Waals surface area (Å²) in [5, 5.41) is 20.4. The summed E-state index contributed by atoms with van der Waals surface area (Å²) in [4.78, 5) is 14.5. The SMILES string of the molecule is O=CNCC(O)(Cc1ncn[nH]1)c1ccc(Cl)cc1Cl. The molecule has 0 aliphatic heterocycles. The molecule has 1 atom stereocenters. The van der Waals surface area contributed by atoms with E-state index in [1.807, 2.05) is 0 Å². The van der Waals surface area contributed by atoms with E-state index in [0.29, 0.717) is 27.8 Å². The minimum Gasteiger partial charge on any atom is -0.383 e. The van der Waals surface area contributed by atoms with Crippen LogP contribution in [0.2, 0.25) is 10.0 Å². The number of benzene rings is 1.